The maximum atomic E-state index is 10.6. The van der Waals surface area contributed by atoms with Crippen LogP contribution >= 0.6 is 8.60 Å². The number of esters is 1. The van der Waals surface area contributed by atoms with Gasteiger partial charge in [-0.15, -0.1) is 0 Å². The highest BCUT2D eigenvalue weighted by molar-refractivity contribution is 7.39. The second-order valence-corrected chi connectivity index (χ2v) is 2.76. The lowest BCUT2D eigenvalue weighted by Crippen LogP contribution is -2.17. The van der Waals surface area contributed by atoms with E-state index in [0.29, 0.717) is 0 Å². The van der Waals surface area contributed by atoms with Crippen LogP contribution < -0.4 is 0 Å². The van der Waals surface area contributed by atoms with Gasteiger partial charge < -0.3 is 19.0 Å². The third kappa shape index (κ3) is 6.24. The van der Waals surface area contributed by atoms with Gasteiger partial charge in [0.15, 0.2) is 0 Å². The predicted octanol–water partition coefficient (Wildman–Crippen LogP) is 0.332. The monoisotopic (exact) mass is 194 g/mol. The summed E-state index contributed by atoms with van der Waals surface area (Å²) in [6.07, 6.45) is 0.511. The van der Waals surface area contributed by atoms with Crippen molar-refractivity contribution in [3.63, 3.8) is 0 Å². The molecule has 1 atom stereocenters. The number of ether oxygens (including phenoxy) is 1. The molecular weight excluding hydrogens is 183 g/mol. The van der Waals surface area contributed by atoms with Crippen LogP contribution in [-0.2, 0) is 14.1 Å². The molecule has 0 spiro atoms. The van der Waals surface area contributed by atoms with Crippen LogP contribution in [0.2, 0.25) is 0 Å². The van der Waals surface area contributed by atoms with Crippen LogP contribution in [0, 0.1) is 0 Å². The molecule has 0 saturated carbocycles. The molecule has 70 valence electrons. The van der Waals surface area contributed by atoms with E-state index in [9.17, 15) is 4.79 Å². The van der Waals surface area contributed by atoms with Gasteiger partial charge in [0.05, 0.1) is 6.61 Å². The summed E-state index contributed by atoms with van der Waals surface area (Å²) in [7, 11) is -2.38. The molecule has 0 aliphatic carbocycles. The Morgan fingerprint density at radius 2 is 2.33 bits per heavy atom. The lowest BCUT2D eigenvalue weighted by molar-refractivity contribution is -0.143. The zero-order valence-electron chi connectivity index (χ0n) is 6.64. The fourth-order valence-corrected chi connectivity index (χ4v) is 0.795. The molecule has 1 unspecified atom stereocenters. The Morgan fingerprint density at radius 3 is 2.75 bits per heavy atom. The first-order valence-electron chi connectivity index (χ1n) is 3.20. The van der Waals surface area contributed by atoms with Crippen LogP contribution in [0.15, 0.2) is 12.7 Å². The van der Waals surface area contributed by atoms with E-state index in [1.807, 2.05) is 0 Å². The summed E-state index contributed by atoms with van der Waals surface area (Å²) in [6, 6.07) is 0. The Bertz CT molecular complexity index is 158. The summed E-state index contributed by atoms with van der Waals surface area (Å²) < 4.78 is 9.07. The maximum Gasteiger partial charge on any atom is 0.330 e. The lowest BCUT2D eigenvalue weighted by Gasteiger charge is -2.11. The lowest BCUT2D eigenvalue weighted by atomic mass is 10.4. The summed E-state index contributed by atoms with van der Waals surface area (Å²) in [5.74, 6) is -0.564. The molecule has 0 fully saturated rings. The summed E-state index contributed by atoms with van der Waals surface area (Å²) in [5, 5.41) is 0. The summed E-state index contributed by atoms with van der Waals surface area (Å²) >= 11 is 0. The van der Waals surface area contributed by atoms with Gasteiger partial charge in [0.2, 0.25) is 0 Å². The van der Waals surface area contributed by atoms with E-state index < -0.39 is 20.7 Å². The first-order valence-corrected chi connectivity index (χ1v) is 4.36. The van der Waals surface area contributed by atoms with Gasteiger partial charge in [-0.25, -0.2) is 4.79 Å². The molecule has 0 aromatic rings. The Hall–Kier alpha value is -0.480. The van der Waals surface area contributed by atoms with Crippen molar-refractivity contribution in [3.8, 4) is 0 Å². The van der Waals surface area contributed by atoms with E-state index in [1.54, 1.807) is 6.92 Å². The molecule has 0 aliphatic heterocycles. The molecule has 0 amide bonds. The smallest absolute Gasteiger partial charge is 0.330 e. The third-order valence-corrected chi connectivity index (χ3v) is 1.29. The standard InChI is InChI=1S/C6H11O5P/c1-3-6(7)11-5(2)4-10-12(8)9/h3,5,8-9H,1,4H2,2H3. The molecule has 6 heteroatoms. The van der Waals surface area contributed by atoms with Crippen molar-refractivity contribution in [3.05, 3.63) is 12.7 Å². The highest BCUT2D eigenvalue weighted by Crippen LogP contribution is 2.24. The summed E-state index contributed by atoms with van der Waals surface area (Å²) in [4.78, 5) is 27.2. The minimum atomic E-state index is -2.38. The van der Waals surface area contributed by atoms with Crippen LogP contribution in [0.5, 0.6) is 0 Å². The zero-order chi connectivity index (χ0) is 9.56. The topological polar surface area (TPSA) is 76.0 Å². The average Bonchev–Trinajstić information content (AvgIpc) is 2.00. The normalized spacial score (nSPS) is 12.7. The third-order valence-electron chi connectivity index (χ3n) is 0.909. The fourth-order valence-electron chi connectivity index (χ4n) is 0.452. The van der Waals surface area contributed by atoms with E-state index in [0.717, 1.165) is 6.08 Å². The van der Waals surface area contributed by atoms with Crippen molar-refractivity contribution in [2.45, 2.75) is 13.0 Å². The van der Waals surface area contributed by atoms with Crippen LogP contribution in [0.4, 0.5) is 0 Å². The first kappa shape index (κ1) is 11.5. The molecule has 0 aromatic carbocycles. The fraction of sp³-hybridized carbons (Fsp3) is 0.500. The Balaban J connectivity index is 3.52. The zero-order valence-corrected chi connectivity index (χ0v) is 7.53. The molecule has 0 aliphatic rings. The molecule has 2 N–H and O–H groups in total. The molecule has 12 heavy (non-hydrogen) atoms. The summed E-state index contributed by atoms with van der Waals surface area (Å²) in [6.45, 7) is 4.73. The predicted molar refractivity (Wildman–Crippen MR) is 43.1 cm³/mol. The molecule has 0 bridgehead atoms. The SMILES string of the molecule is C=CC(=O)OC(C)COP(O)O. The van der Waals surface area contributed by atoms with Crippen LogP contribution in [-0.4, -0.2) is 28.5 Å². The summed E-state index contributed by atoms with van der Waals surface area (Å²) in [5.41, 5.74) is 0. The van der Waals surface area contributed by atoms with Crippen molar-refractivity contribution in [1.29, 1.82) is 0 Å². The van der Waals surface area contributed by atoms with Gasteiger partial charge in [-0.1, -0.05) is 6.58 Å². The number of hydrogen-bond acceptors (Lipinski definition) is 5. The van der Waals surface area contributed by atoms with Crippen LogP contribution in [0.25, 0.3) is 0 Å². The second-order valence-electron chi connectivity index (χ2n) is 2.00. The molecular formula is C6H11O5P. The van der Waals surface area contributed by atoms with Gasteiger partial charge >= 0.3 is 14.6 Å². The highest BCUT2D eigenvalue weighted by atomic mass is 31.2. The van der Waals surface area contributed by atoms with Crippen LogP contribution in [0.3, 0.4) is 0 Å². The van der Waals surface area contributed by atoms with E-state index in [4.69, 9.17) is 9.79 Å². The Morgan fingerprint density at radius 1 is 1.75 bits per heavy atom. The molecule has 0 radical (unpaired) electrons. The van der Waals surface area contributed by atoms with Crippen molar-refractivity contribution >= 4 is 14.6 Å². The molecule has 0 heterocycles. The van der Waals surface area contributed by atoms with Gasteiger partial charge in [-0.05, 0) is 6.92 Å². The number of hydrogen-bond donors (Lipinski definition) is 2. The number of carbonyl (C=O) groups excluding carboxylic acids is 1. The average molecular weight is 194 g/mol. The number of rotatable bonds is 5. The quantitative estimate of drug-likeness (QED) is 0.374. The van der Waals surface area contributed by atoms with Gasteiger partial charge in [-0.2, -0.15) is 0 Å². The molecule has 0 rings (SSSR count). The van der Waals surface area contributed by atoms with Crippen molar-refractivity contribution in [2.75, 3.05) is 6.61 Å². The van der Waals surface area contributed by atoms with E-state index in [2.05, 4.69) is 15.8 Å². The largest absolute Gasteiger partial charge is 0.457 e. The first-order chi connectivity index (χ1) is 5.56. The van der Waals surface area contributed by atoms with Crippen LogP contribution in [0.1, 0.15) is 6.92 Å². The van der Waals surface area contributed by atoms with Gasteiger partial charge in [0, 0.05) is 6.08 Å². The molecule has 0 aromatic heterocycles. The highest BCUT2D eigenvalue weighted by Gasteiger charge is 2.08. The minimum absolute atomic E-state index is 0.0434. The number of carbonyl (C=O) groups is 1. The second kappa shape index (κ2) is 6.08. The molecule has 5 nitrogen and oxygen atoms in total. The van der Waals surface area contributed by atoms with E-state index >= 15 is 0 Å². The molecule has 0 saturated heterocycles. The van der Waals surface area contributed by atoms with Gasteiger partial charge in [-0.3, -0.25) is 0 Å². The Labute approximate surface area is 71.6 Å². The van der Waals surface area contributed by atoms with E-state index in [-0.39, 0.29) is 6.61 Å². The minimum Gasteiger partial charge on any atom is -0.457 e. The maximum absolute atomic E-state index is 10.6. The van der Waals surface area contributed by atoms with E-state index in [1.165, 1.54) is 0 Å². The Kier molecular flexibility index (Phi) is 5.84. The van der Waals surface area contributed by atoms with Crippen molar-refractivity contribution < 1.29 is 23.8 Å². The van der Waals surface area contributed by atoms with Gasteiger partial charge in [0.25, 0.3) is 0 Å². The van der Waals surface area contributed by atoms with Crippen molar-refractivity contribution in [1.82, 2.24) is 0 Å². The van der Waals surface area contributed by atoms with Crippen molar-refractivity contribution in [2.24, 2.45) is 0 Å². The van der Waals surface area contributed by atoms with Gasteiger partial charge in [0.1, 0.15) is 6.10 Å².